The summed E-state index contributed by atoms with van der Waals surface area (Å²) < 4.78 is 11.9. The first-order valence-corrected chi connectivity index (χ1v) is 14.7. The summed E-state index contributed by atoms with van der Waals surface area (Å²) in [5, 5.41) is 3.38. The van der Waals surface area contributed by atoms with Gasteiger partial charge in [0.2, 0.25) is 17.8 Å². The van der Waals surface area contributed by atoms with Gasteiger partial charge in [0.1, 0.15) is 17.9 Å². The summed E-state index contributed by atoms with van der Waals surface area (Å²) >= 11 is 0. The van der Waals surface area contributed by atoms with E-state index in [9.17, 15) is 14.4 Å². The first-order valence-electron chi connectivity index (χ1n) is 14.7. The van der Waals surface area contributed by atoms with E-state index in [0.717, 1.165) is 60.8 Å². The van der Waals surface area contributed by atoms with E-state index in [4.69, 9.17) is 14.5 Å². The maximum Gasteiger partial charge on any atom is 0.255 e. The average molecular weight is 571 g/mol. The van der Waals surface area contributed by atoms with Crippen molar-refractivity contribution in [2.45, 2.75) is 57.5 Å². The highest BCUT2D eigenvalue weighted by atomic mass is 16.5. The van der Waals surface area contributed by atoms with Crippen molar-refractivity contribution in [3.8, 4) is 5.75 Å². The van der Waals surface area contributed by atoms with Crippen LogP contribution < -0.4 is 15.0 Å². The molecule has 3 saturated heterocycles. The molecule has 0 aliphatic carbocycles. The molecule has 218 valence electrons. The van der Waals surface area contributed by atoms with Crippen LogP contribution in [0, 0.1) is 0 Å². The van der Waals surface area contributed by atoms with Crippen LogP contribution in [-0.2, 0) is 27.4 Å². The summed E-state index contributed by atoms with van der Waals surface area (Å²) in [5.41, 5.74) is 3.59. The highest BCUT2D eigenvalue weighted by Gasteiger charge is 2.39. The van der Waals surface area contributed by atoms with Gasteiger partial charge in [-0.2, -0.15) is 0 Å². The highest BCUT2D eigenvalue weighted by Crippen LogP contribution is 2.31. The van der Waals surface area contributed by atoms with Crippen molar-refractivity contribution in [1.29, 1.82) is 0 Å². The molecule has 1 N–H and O–H groups in total. The second-order valence-corrected chi connectivity index (χ2v) is 11.7. The predicted molar refractivity (Wildman–Crippen MR) is 154 cm³/mol. The Morgan fingerprint density at radius 2 is 1.98 bits per heavy atom. The number of imide groups is 1. The van der Waals surface area contributed by atoms with Gasteiger partial charge in [-0.05, 0) is 61.2 Å². The molecule has 0 bridgehead atoms. The van der Waals surface area contributed by atoms with E-state index in [1.807, 2.05) is 18.3 Å². The van der Waals surface area contributed by atoms with Crippen molar-refractivity contribution in [3.63, 3.8) is 0 Å². The molecule has 4 aliphatic heterocycles. The van der Waals surface area contributed by atoms with Crippen LogP contribution >= 0.6 is 0 Å². The average Bonchev–Trinajstić information content (AvgIpc) is 3.56. The van der Waals surface area contributed by atoms with E-state index in [1.54, 1.807) is 11.0 Å². The Labute approximate surface area is 243 Å². The number of carbonyl (C=O) groups is 3. The fourth-order valence-electron chi connectivity index (χ4n) is 6.45. The number of morpholine rings is 1. The summed E-state index contributed by atoms with van der Waals surface area (Å²) in [7, 11) is 0. The van der Waals surface area contributed by atoms with E-state index in [0.29, 0.717) is 31.7 Å². The molecular weight excluding hydrogens is 536 g/mol. The molecule has 1 aromatic heterocycles. The molecule has 5 heterocycles. The number of piperidine rings is 1. The molecule has 42 heavy (non-hydrogen) atoms. The Hall–Kier alpha value is -4.09. The Morgan fingerprint density at radius 1 is 1.07 bits per heavy atom. The molecule has 4 aliphatic rings. The number of amides is 3. The third-order valence-corrected chi connectivity index (χ3v) is 8.69. The van der Waals surface area contributed by atoms with Gasteiger partial charge < -0.3 is 19.3 Å². The number of benzene rings is 2. The van der Waals surface area contributed by atoms with Gasteiger partial charge in [-0.1, -0.05) is 6.07 Å². The number of hydrogen-bond donors (Lipinski definition) is 1. The van der Waals surface area contributed by atoms with Gasteiger partial charge in [-0.3, -0.25) is 24.6 Å². The van der Waals surface area contributed by atoms with Crippen molar-refractivity contribution >= 4 is 34.6 Å². The lowest BCUT2D eigenvalue weighted by atomic mass is 10.0. The standard InChI is InChI=1S/C31H34N6O5/c1-19-18-41-11-10-36(19)31-32-14-21-12-20(2-5-26(21)33-31)15-35-9-8-24(17-35)42-23-3-4-25-22(13-23)16-37(30(25)40)27-6-7-28(38)34-29(27)39/h2-5,12-14,19,24,27H,6-11,15-18H2,1H3,(H,34,38,39)/t19-,24+,27?/m1/s1. The first kappa shape index (κ1) is 26.8. The fourth-order valence-corrected chi connectivity index (χ4v) is 6.45. The van der Waals surface area contributed by atoms with Crippen LogP contribution in [0.2, 0.25) is 0 Å². The minimum Gasteiger partial charge on any atom is -0.489 e. The number of nitrogens with zero attached hydrogens (tertiary/aromatic N) is 5. The molecule has 11 nitrogen and oxygen atoms in total. The SMILES string of the molecule is C[C@@H]1COCCN1c1ncc2cc(CN3CC[C@H](Oc4ccc5c(c4)CN(C4CCC(=O)NC4=O)C5=O)C3)ccc2n1. The van der Waals surface area contributed by atoms with Crippen molar-refractivity contribution in [2.24, 2.45) is 0 Å². The number of anilines is 1. The maximum atomic E-state index is 13.0. The van der Waals surface area contributed by atoms with Crippen LogP contribution in [0.5, 0.6) is 5.75 Å². The van der Waals surface area contributed by atoms with Gasteiger partial charge in [0.25, 0.3) is 5.91 Å². The number of fused-ring (bicyclic) bond motifs is 2. The van der Waals surface area contributed by atoms with Crippen LogP contribution in [-0.4, -0.2) is 88.5 Å². The lowest BCUT2D eigenvalue weighted by Gasteiger charge is -2.33. The molecule has 3 amide bonds. The van der Waals surface area contributed by atoms with Gasteiger partial charge >= 0.3 is 0 Å². The third-order valence-electron chi connectivity index (χ3n) is 8.69. The molecule has 0 radical (unpaired) electrons. The van der Waals surface area contributed by atoms with Crippen molar-refractivity contribution in [2.75, 3.05) is 37.7 Å². The number of rotatable bonds is 6. The van der Waals surface area contributed by atoms with Gasteiger partial charge in [-0.15, -0.1) is 0 Å². The molecule has 7 rings (SSSR count). The third kappa shape index (κ3) is 5.18. The van der Waals surface area contributed by atoms with Crippen molar-refractivity contribution in [1.82, 2.24) is 25.1 Å². The topological polar surface area (TPSA) is 117 Å². The number of carbonyl (C=O) groups excluding carboxylic acids is 3. The van der Waals surface area contributed by atoms with Crippen LogP contribution in [0.25, 0.3) is 10.9 Å². The van der Waals surface area contributed by atoms with E-state index in [1.165, 1.54) is 5.56 Å². The van der Waals surface area contributed by atoms with Crippen LogP contribution in [0.4, 0.5) is 5.95 Å². The molecule has 11 heteroatoms. The summed E-state index contributed by atoms with van der Waals surface area (Å²) in [5.74, 6) is 0.619. The predicted octanol–water partition coefficient (Wildman–Crippen LogP) is 2.27. The maximum absolute atomic E-state index is 13.0. The molecule has 3 aromatic rings. The molecule has 0 saturated carbocycles. The monoisotopic (exact) mass is 570 g/mol. The van der Waals surface area contributed by atoms with Crippen molar-refractivity contribution in [3.05, 3.63) is 59.3 Å². The second-order valence-electron chi connectivity index (χ2n) is 11.7. The summed E-state index contributed by atoms with van der Waals surface area (Å²) in [6, 6.07) is 11.6. The smallest absolute Gasteiger partial charge is 0.255 e. The van der Waals surface area contributed by atoms with Crippen LogP contribution in [0.15, 0.2) is 42.6 Å². The number of aromatic nitrogens is 2. The lowest BCUT2D eigenvalue weighted by molar-refractivity contribution is -0.136. The molecule has 2 aromatic carbocycles. The summed E-state index contributed by atoms with van der Waals surface area (Å²) in [4.78, 5) is 52.4. The number of hydrogen-bond acceptors (Lipinski definition) is 9. The van der Waals surface area contributed by atoms with E-state index >= 15 is 0 Å². The Balaban J connectivity index is 0.962. The van der Waals surface area contributed by atoms with Gasteiger partial charge in [0.05, 0.1) is 24.8 Å². The minimum atomic E-state index is -0.618. The van der Waals surface area contributed by atoms with Gasteiger partial charge in [0.15, 0.2) is 0 Å². The minimum absolute atomic E-state index is 0.0493. The normalized spacial score (nSPS) is 24.8. The van der Waals surface area contributed by atoms with Crippen LogP contribution in [0.1, 0.15) is 47.7 Å². The summed E-state index contributed by atoms with van der Waals surface area (Å²) in [6.07, 6.45) is 3.47. The lowest BCUT2D eigenvalue weighted by Crippen LogP contribution is -2.52. The zero-order valence-electron chi connectivity index (χ0n) is 23.6. The number of ether oxygens (including phenoxy) is 2. The summed E-state index contributed by atoms with van der Waals surface area (Å²) in [6.45, 7) is 7.21. The molecular formula is C31H34N6O5. The molecule has 3 fully saturated rings. The largest absolute Gasteiger partial charge is 0.489 e. The highest BCUT2D eigenvalue weighted by molar-refractivity contribution is 6.05. The van der Waals surface area contributed by atoms with E-state index in [-0.39, 0.29) is 30.4 Å². The molecule has 1 unspecified atom stereocenters. The number of likely N-dealkylation sites (tertiary alicyclic amines) is 1. The van der Waals surface area contributed by atoms with E-state index in [2.05, 4.69) is 45.2 Å². The second kappa shape index (κ2) is 11.0. The fraction of sp³-hybridized carbons (Fsp3) is 0.452. The van der Waals surface area contributed by atoms with E-state index < -0.39 is 11.9 Å². The Bertz CT molecular complexity index is 1560. The Kier molecular flexibility index (Phi) is 6.99. The molecule has 0 spiro atoms. The van der Waals surface area contributed by atoms with Gasteiger partial charge in [0, 0.05) is 56.3 Å². The molecule has 3 atom stereocenters. The first-order chi connectivity index (χ1) is 20.4. The zero-order chi connectivity index (χ0) is 28.8. The zero-order valence-corrected chi connectivity index (χ0v) is 23.6. The quantitative estimate of drug-likeness (QED) is 0.446. The number of nitrogens with one attached hydrogen (secondary N) is 1. The van der Waals surface area contributed by atoms with Gasteiger partial charge in [-0.25, -0.2) is 9.97 Å². The Morgan fingerprint density at radius 3 is 2.83 bits per heavy atom. The van der Waals surface area contributed by atoms with Crippen molar-refractivity contribution < 1.29 is 23.9 Å². The van der Waals surface area contributed by atoms with Crippen LogP contribution in [0.3, 0.4) is 0 Å².